The standard InChI is InChI=1S/C28H52N4O9Si2.C10H14N2O3.C10H21NO4Si/c1-7-38-42(5,39-8-2)23-11-17-29-27(33)36-21-19-32(26-15-13-25(31-35)14-16-26)20-22-37-28(34)30-18-12-24-43(6,40-9-3)41-10-4;13-7-5-12(6-8-14)10-3-1-9(11-15)2-4-10;1-4-13-16(14-5-2,15-6-3)9-7-8-11-10-12/h13-16H,7-12,17-24H2,1-6H3,(H,29,33)(H,30,34);1-4,13-14H,5-8H2;4-9H2,1-3H3. The number of isocyanates is 1. The van der Waals surface area contributed by atoms with Gasteiger partial charge in [-0.2, -0.15) is 0 Å². The maximum atomic E-state index is 12.2. The molecule has 0 aliphatic carbocycles. The van der Waals surface area contributed by atoms with Crippen molar-refractivity contribution in [2.24, 2.45) is 15.3 Å². The lowest BCUT2D eigenvalue weighted by molar-refractivity contribution is 0.0709. The fraction of sp³-hybridized carbons (Fsp3) is 0.688. The molecular formula is C48H87N7O16Si3. The summed E-state index contributed by atoms with van der Waals surface area (Å²) in [6.07, 6.45) is 2.66. The summed E-state index contributed by atoms with van der Waals surface area (Å²) in [7, 11) is -6.99. The fourth-order valence-corrected chi connectivity index (χ4v) is 14.7. The van der Waals surface area contributed by atoms with Crippen molar-refractivity contribution in [2.75, 3.05) is 128 Å². The summed E-state index contributed by atoms with van der Waals surface area (Å²) in [5, 5.41) is 28.9. The number of aliphatic hydroxyl groups excluding tert-OH is 2. The largest absolute Gasteiger partial charge is 0.500 e. The van der Waals surface area contributed by atoms with Crippen LogP contribution in [-0.2, 0) is 45.3 Å². The molecule has 0 aliphatic rings. The summed E-state index contributed by atoms with van der Waals surface area (Å²) < 4.78 is 51.0. The second-order valence-corrected chi connectivity index (χ2v) is 25.4. The van der Waals surface area contributed by atoms with Crippen LogP contribution >= 0.6 is 0 Å². The van der Waals surface area contributed by atoms with Gasteiger partial charge in [0, 0.05) is 89.8 Å². The van der Waals surface area contributed by atoms with E-state index >= 15 is 0 Å². The lowest BCUT2D eigenvalue weighted by Gasteiger charge is -2.28. The number of benzene rings is 2. The number of nitroso groups, excluding NO2 is 2. The Morgan fingerprint density at radius 2 is 0.892 bits per heavy atom. The van der Waals surface area contributed by atoms with Gasteiger partial charge in [0.1, 0.15) is 24.6 Å². The number of hydrogen-bond acceptors (Lipinski definition) is 21. The molecule has 0 spiro atoms. The quantitative estimate of drug-likeness (QED) is 0.0161. The van der Waals surface area contributed by atoms with Crippen LogP contribution in [0.2, 0.25) is 31.2 Å². The minimum Gasteiger partial charge on any atom is -0.448 e. The van der Waals surface area contributed by atoms with Crippen LogP contribution in [0.25, 0.3) is 0 Å². The molecule has 0 aromatic heterocycles. The zero-order chi connectivity index (χ0) is 55.4. The van der Waals surface area contributed by atoms with Gasteiger partial charge in [-0.25, -0.2) is 19.4 Å². The van der Waals surface area contributed by atoms with Crippen LogP contribution < -0.4 is 20.4 Å². The maximum Gasteiger partial charge on any atom is 0.500 e. The predicted octanol–water partition coefficient (Wildman–Crippen LogP) is 8.05. The topological polar surface area (TPSA) is 276 Å². The van der Waals surface area contributed by atoms with Crippen molar-refractivity contribution in [3.63, 3.8) is 0 Å². The number of anilines is 2. The van der Waals surface area contributed by atoms with Gasteiger partial charge in [0.15, 0.2) is 0 Å². The van der Waals surface area contributed by atoms with Gasteiger partial charge in [0.25, 0.3) is 0 Å². The Hall–Kier alpha value is -4.55. The lowest BCUT2D eigenvalue weighted by Crippen LogP contribution is -2.46. The van der Waals surface area contributed by atoms with Crippen LogP contribution in [0.3, 0.4) is 0 Å². The molecule has 0 radical (unpaired) electrons. The predicted molar refractivity (Wildman–Crippen MR) is 293 cm³/mol. The Bertz CT molecular complexity index is 1730. The zero-order valence-corrected chi connectivity index (χ0v) is 48.4. The highest BCUT2D eigenvalue weighted by Gasteiger charge is 2.39. The van der Waals surface area contributed by atoms with E-state index in [1.54, 1.807) is 48.5 Å². The Morgan fingerprint density at radius 1 is 0.541 bits per heavy atom. The minimum absolute atomic E-state index is 0.0215. The van der Waals surface area contributed by atoms with E-state index in [2.05, 4.69) is 26.0 Å². The molecule has 23 nitrogen and oxygen atoms in total. The van der Waals surface area contributed by atoms with Crippen molar-refractivity contribution in [1.29, 1.82) is 0 Å². The number of alkyl carbamates (subject to hydrolysis) is 2. The van der Waals surface area contributed by atoms with Crippen molar-refractivity contribution in [2.45, 2.75) is 99.0 Å². The van der Waals surface area contributed by atoms with Crippen molar-refractivity contribution >= 4 is 66.9 Å². The van der Waals surface area contributed by atoms with Gasteiger partial charge in [0.05, 0.1) is 32.8 Å². The third-order valence-electron chi connectivity index (χ3n) is 10.4. The highest BCUT2D eigenvalue weighted by Crippen LogP contribution is 2.22. The second-order valence-electron chi connectivity index (χ2n) is 16.0. The van der Waals surface area contributed by atoms with E-state index < -0.39 is 38.1 Å². The lowest BCUT2D eigenvalue weighted by atomic mass is 10.2. The fourth-order valence-electron chi connectivity index (χ4n) is 7.24. The van der Waals surface area contributed by atoms with Crippen LogP contribution in [0.1, 0.15) is 67.7 Å². The molecule has 0 saturated carbocycles. The number of amides is 2. The average molecular weight is 1100 g/mol. The van der Waals surface area contributed by atoms with Gasteiger partial charge in [-0.05, 0) is 152 Å². The first-order valence-corrected chi connectivity index (χ1v) is 32.6. The van der Waals surface area contributed by atoms with Crippen LogP contribution in [0, 0.1) is 9.81 Å². The Kier molecular flexibility index (Phi) is 41.0. The molecule has 0 saturated heterocycles. The molecule has 0 atom stereocenters. The zero-order valence-electron chi connectivity index (χ0n) is 45.4. The number of aliphatic imine (C=N–C) groups is 1. The van der Waals surface area contributed by atoms with Crippen molar-refractivity contribution in [3.8, 4) is 0 Å². The van der Waals surface area contributed by atoms with Gasteiger partial charge < -0.3 is 71.1 Å². The maximum absolute atomic E-state index is 12.2. The number of rotatable bonds is 40. The molecule has 0 aliphatic heterocycles. The molecule has 74 heavy (non-hydrogen) atoms. The molecule has 422 valence electrons. The van der Waals surface area contributed by atoms with Crippen molar-refractivity contribution in [3.05, 3.63) is 58.3 Å². The summed E-state index contributed by atoms with van der Waals surface area (Å²) in [5.41, 5.74) is 2.29. The summed E-state index contributed by atoms with van der Waals surface area (Å²) in [6, 6.07) is 15.6. The number of nitrogens with one attached hydrogen (secondary N) is 2. The molecule has 0 heterocycles. The van der Waals surface area contributed by atoms with Crippen molar-refractivity contribution < 1.29 is 65.1 Å². The highest BCUT2D eigenvalue weighted by molar-refractivity contribution is 6.66. The number of carbonyl (C=O) groups excluding carboxylic acids is 3. The van der Waals surface area contributed by atoms with Gasteiger partial charge in [-0.3, -0.25) is 0 Å². The number of carbonyl (C=O) groups is 2. The molecule has 2 rings (SSSR count). The first-order chi connectivity index (χ1) is 35.7. The number of hydrogen-bond donors (Lipinski definition) is 4. The summed E-state index contributed by atoms with van der Waals surface area (Å²) in [5.74, 6) is 0. The smallest absolute Gasteiger partial charge is 0.448 e. The van der Waals surface area contributed by atoms with E-state index in [4.69, 9.17) is 50.7 Å². The first-order valence-electron chi connectivity index (χ1n) is 25.6. The molecule has 0 unspecified atom stereocenters. The van der Waals surface area contributed by atoms with Crippen molar-refractivity contribution in [1.82, 2.24) is 10.6 Å². The van der Waals surface area contributed by atoms with E-state index in [1.165, 1.54) is 6.08 Å². The summed E-state index contributed by atoms with van der Waals surface area (Å²) >= 11 is 0. The van der Waals surface area contributed by atoms with Gasteiger partial charge in [-0.1, -0.05) is 0 Å². The van der Waals surface area contributed by atoms with Gasteiger partial charge in [-0.15, -0.1) is 9.81 Å². The van der Waals surface area contributed by atoms with Gasteiger partial charge >= 0.3 is 38.1 Å². The first kappa shape index (κ1) is 69.5. The highest BCUT2D eigenvalue weighted by atomic mass is 28.4. The summed E-state index contributed by atoms with van der Waals surface area (Å²) in [4.78, 5) is 62.7. The molecular weight excluding hydrogens is 1010 g/mol. The third kappa shape index (κ3) is 32.0. The van der Waals surface area contributed by atoms with E-state index in [0.29, 0.717) is 109 Å². The number of nitrogens with zero attached hydrogens (tertiary/aromatic N) is 5. The Morgan fingerprint density at radius 3 is 1.20 bits per heavy atom. The Balaban J connectivity index is 0.00000139. The second kappa shape index (κ2) is 43.7. The van der Waals surface area contributed by atoms with E-state index in [0.717, 1.165) is 42.7 Å². The SMILES string of the molecule is CCO[Si](C)(CCCNC(=O)OCCN(CCOC(=O)NCCC[Si](C)(OCC)OCC)c1ccc(N=O)cc1)OCC.CCO[Si](CCCN=C=O)(OCC)OCC.O=Nc1ccc(N(CCO)CCO)cc1. The molecule has 4 N–H and O–H groups in total. The van der Waals surface area contributed by atoms with E-state index in [9.17, 15) is 24.2 Å². The van der Waals surface area contributed by atoms with Crippen LogP contribution in [0.15, 0.2) is 63.9 Å². The van der Waals surface area contributed by atoms with Crippen LogP contribution in [0.4, 0.5) is 32.3 Å². The molecule has 2 amide bonds. The molecule has 0 bridgehead atoms. The molecule has 2 aromatic rings. The minimum atomic E-state index is -2.54. The number of ether oxygens (including phenoxy) is 2. The van der Waals surface area contributed by atoms with Gasteiger partial charge in [0.2, 0.25) is 6.08 Å². The van der Waals surface area contributed by atoms with Crippen LogP contribution in [0.5, 0.6) is 0 Å². The summed E-state index contributed by atoms with van der Waals surface area (Å²) in [6.45, 7) is 25.0. The van der Waals surface area contributed by atoms with E-state index in [-0.39, 0.29) is 26.4 Å². The normalized spacial score (nSPS) is 11.2. The third-order valence-corrected chi connectivity index (χ3v) is 19.7. The van der Waals surface area contributed by atoms with E-state index in [1.807, 2.05) is 71.4 Å². The molecule has 0 fully saturated rings. The number of aliphatic hydroxyl groups is 2. The Labute approximate surface area is 442 Å². The molecule has 2 aromatic carbocycles. The van der Waals surface area contributed by atoms with Crippen LogP contribution in [-0.4, -0.2) is 173 Å². The molecule has 26 heteroatoms. The monoisotopic (exact) mass is 1100 g/mol. The average Bonchev–Trinajstić information content (AvgIpc) is 3.38.